The van der Waals surface area contributed by atoms with E-state index in [0.717, 1.165) is 16.7 Å². The molecule has 0 saturated carbocycles. The number of anilines is 1. The minimum absolute atomic E-state index is 0.0360. The molecule has 1 heterocycles. The molecule has 0 fully saturated rings. The van der Waals surface area contributed by atoms with Crippen LogP contribution in [0.2, 0.25) is 0 Å². The smallest absolute Gasteiger partial charge is 0.339 e. The van der Waals surface area contributed by atoms with Crippen LogP contribution in [-0.2, 0) is 24.3 Å². The van der Waals surface area contributed by atoms with Gasteiger partial charge in [0, 0.05) is 11.1 Å². The number of carbonyl (C=O) groups excluding carboxylic acids is 1. The normalized spacial score (nSPS) is 15.0. The third-order valence-corrected chi connectivity index (χ3v) is 7.46. The minimum atomic E-state index is -3.95. The predicted molar refractivity (Wildman–Crippen MR) is 139 cm³/mol. The highest BCUT2D eigenvalue weighted by molar-refractivity contribution is 7.92. The van der Waals surface area contributed by atoms with Gasteiger partial charge in [0.25, 0.3) is 10.0 Å². The van der Waals surface area contributed by atoms with E-state index in [1.54, 1.807) is 25.1 Å². The molecular weight excluding hydrogens is 478 g/mol. The molecule has 190 valence electrons. The first kappa shape index (κ1) is 25.7. The van der Waals surface area contributed by atoms with Gasteiger partial charge in [-0.05, 0) is 70.4 Å². The van der Waals surface area contributed by atoms with E-state index in [1.165, 1.54) is 13.2 Å². The summed E-state index contributed by atoms with van der Waals surface area (Å²) in [4.78, 5) is 13.2. The van der Waals surface area contributed by atoms with E-state index in [4.69, 9.17) is 14.2 Å². The van der Waals surface area contributed by atoms with Gasteiger partial charge in [-0.3, -0.25) is 4.72 Å². The Labute approximate surface area is 212 Å². The predicted octanol–water partition coefficient (Wildman–Crippen LogP) is 6.21. The maximum Gasteiger partial charge on any atom is 0.339 e. The number of sulfonamides is 1. The molecule has 0 unspecified atom stereocenters. The summed E-state index contributed by atoms with van der Waals surface area (Å²) in [5.74, 6) is 0.0189. The standard InChI is InChI=1S/C28H31NO6S/c1-16-12-14-19(15-13-16)22-18(3)25-24(29-36(31,32)21-11-9-8-10-20(21)34-25)17(2)23(22)26(27(30)33-7)35-28(4,5)6/h8-15,26,29H,1-7H3/t26-/m0/s1. The molecule has 0 amide bonds. The number of carbonyl (C=O) groups is 1. The molecule has 1 aliphatic heterocycles. The number of aryl methyl sites for hydroxylation is 1. The lowest BCUT2D eigenvalue weighted by Gasteiger charge is -2.31. The number of nitrogens with one attached hydrogen (secondary N) is 1. The summed E-state index contributed by atoms with van der Waals surface area (Å²) in [6, 6.07) is 14.4. The van der Waals surface area contributed by atoms with Gasteiger partial charge in [-0.15, -0.1) is 0 Å². The van der Waals surface area contributed by atoms with E-state index in [9.17, 15) is 13.2 Å². The second kappa shape index (κ2) is 9.26. The molecule has 1 aliphatic rings. The third kappa shape index (κ3) is 4.70. The maximum absolute atomic E-state index is 13.3. The van der Waals surface area contributed by atoms with E-state index in [-0.39, 0.29) is 16.3 Å². The number of ether oxygens (including phenoxy) is 3. The second-order valence-corrected chi connectivity index (χ2v) is 11.5. The average Bonchev–Trinajstić information content (AvgIpc) is 2.93. The Morgan fingerprint density at radius 2 is 1.61 bits per heavy atom. The van der Waals surface area contributed by atoms with Gasteiger partial charge in [0.1, 0.15) is 10.6 Å². The lowest BCUT2D eigenvalue weighted by Crippen LogP contribution is -2.29. The van der Waals surface area contributed by atoms with Crippen molar-refractivity contribution in [1.82, 2.24) is 0 Å². The highest BCUT2D eigenvalue weighted by atomic mass is 32.2. The number of para-hydroxylation sites is 1. The second-order valence-electron chi connectivity index (χ2n) is 9.90. The molecule has 0 aromatic heterocycles. The van der Waals surface area contributed by atoms with Crippen molar-refractivity contribution in [3.63, 3.8) is 0 Å². The fraction of sp³-hybridized carbons (Fsp3) is 0.321. The molecule has 7 nitrogen and oxygen atoms in total. The van der Waals surface area contributed by atoms with E-state index in [0.29, 0.717) is 22.4 Å². The van der Waals surface area contributed by atoms with Gasteiger partial charge < -0.3 is 14.2 Å². The quantitative estimate of drug-likeness (QED) is 0.420. The number of methoxy groups -OCH3 is 1. The van der Waals surface area contributed by atoms with Crippen LogP contribution in [0.5, 0.6) is 11.5 Å². The number of rotatable bonds is 4. The molecule has 0 spiro atoms. The van der Waals surface area contributed by atoms with Gasteiger partial charge in [0.15, 0.2) is 11.9 Å². The van der Waals surface area contributed by atoms with Gasteiger partial charge in [-0.1, -0.05) is 42.0 Å². The van der Waals surface area contributed by atoms with Crippen molar-refractivity contribution >= 4 is 21.7 Å². The van der Waals surface area contributed by atoms with Crippen LogP contribution in [0, 0.1) is 20.8 Å². The number of hydrogen-bond donors (Lipinski definition) is 1. The molecule has 0 aliphatic carbocycles. The Morgan fingerprint density at radius 1 is 0.972 bits per heavy atom. The van der Waals surface area contributed by atoms with Crippen molar-refractivity contribution in [2.45, 2.75) is 58.1 Å². The van der Waals surface area contributed by atoms with Crippen LogP contribution in [0.3, 0.4) is 0 Å². The molecule has 3 aromatic rings. The van der Waals surface area contributed by atoms with E-state index in [2.05, 4.69) is 4.72 Å². The van der Waals surface area contributed by atoms with Gasteiger partial charge >= 0.3 is 5.97 Å². The first-order chi connectivity index (χ1) is 16.8. The monoisotopic (exact) mass is 509 g/mol. The van der Waals surface area contributed by atoms with Crippen molar-refractivity contribution in [3.8, 4) is 22.6 Å². The highest BCUT2D eigenvalue weighted by Gasteiger charge is 2.37. The summed E-state index contributed by atoms with van der Waals surface area (Å²) >= 11 is 0. The molecule has 36 heavy (non-hydrogen) atoms. The zero-order valence-corrected chi connectivity index (χ0v) is 22.4. The summed E-state index contributed by atoms with van der Waals surface area (Å²) in [5, 5.41) is 0. The Bertz CT molecular complexity index is 1440. The zero-order chi connectivity index (χ0) is 26.4. The molecule has 1 N–H and O–H groups in total. The van der Waals surface area contributed by atoms with Gasteiger partial charge in [0.2, 0.25) is 0 Å². The average molecular weight is 510 g/mol. The molecule has 0 bridgehead atoms. The number of esters is 1. The summed E-state index contributed by atoms with van der Waals surface area (Å²) in [6.45, 7) is 11.2. The van der Waals surface area contributed by atoms with Crippen LogP contribution < -0.4 is 9.46 Å². The Kier molecular flexibility index (Phi) is 6.62. The largest absolute Gasteiger partial charge is 0.467 e. The summed E-state index contributed by atoms with van der Waals surface area (Å²) < 4.78 is 46.9. The summed E-state index contributed by atoms with van der Waals surface area (Å²) in [5.41, 5.74) is 3.93. The molecule has 0 saturated heterocycles. The van der Waals surface area contributed by atoms with Crippen molar-refractivity contribution in [3.05, 3.63) is 70.8 Å². The minimum Gasteiger partial charge on any atom is -0.467 e. The number of benzene rings is 3. The van der Waals surface area contributed by atoms with Crippen LogP contribution in [0.1, 0.15) is 49.1 Å². The van der Waals surface area contributed by atoms with Crippen LogP contribution in [0.25, 0.3) is 11.1 Å². The summed E-state index contributed by atoms with van der Waals surface area (Å²) in [7, 11) is -2.64. The zero-order valence-electron chi connectivity index (χ0n) is 21.6. The lowest BCUT2D eigenvalue weighted by atomic mass is 9.86. The molecule has 4 rings (SSSR count). The van der Waals surface area contributed by atoms with Crippen molar-refractivity contribution in [2.75, 3.05) is 11.8 Å². The number of fused-ring (bicyclic) bond motifs is 2. The van der Waals surface area contributed by atoms with Crippen LogP contribution >= 0.6 is 0 Å². The lowest BCUT2D eigenvalue weighted by molar-refractivity contribution is -0.164. The fourth-order valence-corrected chi connectivity index (χ4v) is 5.66. The highest BCUT2D eigenvalue weighted by Crippen LogP contribution is 2.50. The molecule has 1 atom stereocenters. The third-order valence-electron chi connectivity index (χ3n) is 6.07. The van der Waals surface area contributed by atoms with E-state index in [1.807, 2.05) is 58.9 Å². The van der Waals surface area contributed by atoms with Crippen molar-refractivity contribution < 1.29 is 27.4 Å². The molecule has 0 radical (unpaired) electrons. The van der Waals surface area contributed by atoms with Crippen LogP contribution in [-0.4, -0.2) is 27.1 Å². The first-order valence-electron chi connectivity index (χ1n) is 11.6. The SMILES string of the molecule is COC(=O)[C@@H](OC(C)(C)C)c1c(C)c2c(c(C)c1-c1ccc(C)cc1)Oc1ccccc1S(=O)(=O)N2. The topological polar surface area (TPSA) is 90.9 Å². The Balaban J connectivity index is 2.10. The molecule has 8 heteroatoms. The fourth-order valence-electron chi connectivity index (χ4n) is 4.41. The maximum atomic E-state index is 13.3. The van der Waals surface area contributed by atoms with Gasteiger partial charge in [-0.25, -0.2) is 13.2 Å². The Morgan fingerprint density at radius 3 is 2.22 bits per heavy atom. The van der Waals surface area contributed by atoms with Gasteiger partial charge in [0.05, 0.1) is 18.4 Å². The van der Waals surface area contributed by atoms with Crippen molar-refractivity contribution in [1.29, 1.82) is 0 Å². The molecular formula is C28H31NO6S. The van der Waals surface area contributed by atoms with Crippen molar-refractivity contribution in [2.24, 2.45) is 0 Å². The van der Waals surface area contributed by atoms with E-state index >= 15 is 0 Å². The molecule has 3 aromatic carbocycles. The van der Waals surface area contributed by atoms with Crippen LogP contribution in [0.4, 0.5) is 5.69 Å². The Hall–Kier alpha value is -3.36. The van der Waals surface area contributed by atoms with Crippen LogP contribution in [0.15, 0.2) is 53.4 Å². The summed E-state index contributed by atoms with van der Waals surface area (Å²) in [6.07, 6.45) is -1.11. The number of hydrogen-bond acceptors (Lipinski definition) is 6. The first-order valence-corrected chi connectivity index (χ1v) is 13.1. The van der Waals surface area contributed by atoms with Gasteiger partial charge in [-0.2, -0.15) is 0 Å². The van der Waals surface area contributed by atoms with E-state index < -0.39 is 27.7 Å².